The summed E-state index contributed by atoms with van der Waals surface area (Å²) >= 11 is 0. The SMILES string of the molecule is C=CC[N+](=O)CCCCCCCCCCCC(C)C. The zero-order valence-electron chi connectivity index (χ0n) is 13.2. The summed E-state index contributed by atoms with van der Waals surface area (Å²) < 4.78 is 1.10. The molecule has 2 nitrogen and oxygen atoms in total. The van der Waals surface area contributed by atoms with Crippen LogP contribution in [0.2, 0.25) is 0 Å². The van der Waals surface area contributed by atoms with E-state index in [0.29, 0.717) is 13.1 Å². The molecular weight excluding hydrogens is 234 g/mol. The number of rotatable bonds is 14. The Bertz CT molecular complexity index is 223. The minimum atomic E-state index is 0.469. The van der Waals surface area contributed by atoms with Crippen molar-refractivity contribution in [2.24, 2.45) is 5.92 Å². The molecule has 0 saturated carbocycles. The van der Waals surface area contributed by atoms with E-state index in [4.69, 9.17) is 0 Å². The maximum absolute atomic E-state index is 11.2. The van der Waals surface area contributed by atoms with Crippen LogP contribution in [0.3, 0.4) is 0 Å². The maximum Gasteiger partial charge on any atom is 0.209 e. The van der Waals surface area contributed by atoms with Crippen LogP contribution in [-0.4, -0.2) is 17.8 Å². The molecule has 0 aromatic carbocycles. The Morgan fingerprint density at radius 3 is 1.84 bits per heavy atom. The van der Waals surface area contributed by atoms with Crippen LogP contribution in [-0.2, 0) is 0 Å². The van der Waals surface area contributed by atoms with Gasteiger partial charge in [-0.25, -0.2) is 0 Å². The number of hydrogen-bond acceptors (Lipinski definition) is 1. The molecule has 0 bridgehead atoms. The van der Waals surface area contributed by atoms with Gasteiger partial charge in [0.25, 0.3) is 0 Å². The molecule has 0 rings (SSSR count). The van der Waals surface area contributed by atoms with E-state index in [2.05, 4.69) is 20.4 Å². The van der Waals surface area contributed by atoms with Crippen molar-refractivity contribution >= 4 is 0 Å². The lowest BCUT2D eigenvalue weighted by Crippen LogP contribution is -2.09. The van der Waals surface area contributed by atoms with Gasteiger partial charge in [0.15, 0.2) is 6.54 Å². The van der Waals surface area contributed by atoms with Crippen LogP contribution < -0.4 is 0 Å². The maximum atomic E-state index is 11.2. The standard InChI is InChI=1S/C17H34NO/c1-4-15-18(19)16-13-11-9-7-5-6-8-10-12-14-17(2)3/h4,17H,1,5-16H2,2-3H3/q+1. The van der Waals surface area contributed by atoms with E-state index in [-0.39, 0.29) is 0 Å². The van der Waals surface area contributed by atoms with Crippen LogP contribution in [0.25, 0.3) is 0 Å². The number of hydrogen-bond donors (Lipinski definition) is 0. The Morgan fingerprint density at radius 1 is 0.895 bits per heavy atom. The predicted molar refractivity (Wildman–Crippen MR) is 84.6 cm³/mol. The number of nitrogens with zero attached hydrogens (tertiary/aromatic N) is 1. The van der Waals surface area contributed by atoms with Gasteiger partial charge < -0.3 is 0 Å². The Hall–Kier alpha value is -0.660. The van der Waals surface area contributed by atoms with Crippen molar-refractivity contribution in [3.8, 4) is 0 Å². The van der Waals surface area contributed by atoms with Crippen molar-refractivity contribution in [2.45, 2.75) is 78.1 Å². The molecule has 0 N–H and O–H groups in total. The molecule has 0 fully saturated rings. The summed E-state index contributed by atoms with van der Waals surface area (Å²) in [4.78, 5) is 11.2. The largest absolute Gasteiger partial charge is 0.209 e. The quantitative estimate of drug-likeness (QED) is 0.231. The first-order valence-electron chi connectivity index (χ1n) is 8.19. The molecule has 0 aliphatic rings. The van der Waals surface area contributed by atoms with E-state index in [1.807, 2.05) is 0 Å². The molecule has 0 heterocycles. The average Bonchev–Trinajstić information content (AvgIpc) is 2.36. The van der Waals surface area contributed by atoms with Crippen LogP contribution in [0, 0.1) is 10.8 Å². The number of unbranched alkanes of at least 4 members (excludes halogenated alkanes) is 8. The molecule has 0 amide bonds. The summed E-state index contributed by atoms with van der Waals surface area (Å²) in [5.41, 5.74) is 0. The minimum Gasteiger partial charge on any atom is -0.0967 e. The average molecular weight is 268 g/mol. The third kappa shape index (κ3) is 15.3. The molecule has 0 atom stereocenters. The smallest absolute Gasteiger partial charge is 0.0967 e. The molecule has 0 radical (unpaired) electrons. The van der Waals surface area contributed by atoms with Gasteiger partial charge in [0.05, 0.1) is 0 Å². The Labute approximate surface area is 120 Å². The van der Waals surface area contributed by atoms with Crippen molar-refractivity contribution in [3.05, 3.63) is 17.6 Å². The van der Waals surface area contributed by atoms with E-state index in [1.54, 1.807) is 6.08 Å². The lowest BCUT2D eigenvalue weighted by Gasteiger charge is -2.04. The first-order chi connectivity index (χ1) is 9.16. The summed E-state index contributed by atoms with van der Waals surface area (Å²) in [7, 11) is 0. The Kier molecular flexibility index (Phi) is 13.3. The van der Waals surface area contributed by atoms with Crippen LogP contribution >= 0.6 is 0 Å². The summed E-state index contributed by atoms with van der Waals surface area (Å²) in [6.45, 7) is 9.31. The highest BCUT2D eigenvalue weighted by Gasteiger charge is 2.03. The summed E-state index contributed by atoms with van der Waals surface area (Å²) in [6.07, 6.45) is 14.9. The highest BCUT2D eigenvalue weighted by molar-refractivity contribution is 4.62. The fourth-order valence-electron chi connectivity index (χ4n) is 2.31. The molecular formula is C17H34NO+. The van der Waals surface area contributed by atoms with E-state index in [9.17, 15) is 4.91 Å². The molecule has 19 heavy (non-hydrogen) atoms. The van der Waals surface area contributed by atoms with Crippen LogP contribution in [0.4, 0.5) is 0 Å². The third-order valence-corrected chi connectivity index (χ3v) is 3.52. The predicted octanol–water partition coefficient (Wildman–Crippen LogP) is 5.51. The van der Waals surface area contributed by atoms with Crippen molar-refractivity contribution in [2.75, 3.05) is 13.1 Å². The van der Waals surface area contributed by atoms with Gasteiger partial charge in [-0.3, -0.25) is 0 Å². The summed E-state index contributed by atoms with van der Waals surface area (Å²) in [5, 5.41) is 0. The third-order valence-electron chi connectivity index (χ3n) is 3.52. The van der Waals surface area contributed by atoms with Gasteiger partial charge >= 0.3 is 0 Å². The monoisotopic (exact) mass is 268 g/mol. The summed E-state index contributed by atoms with van der Waals surface area (Å²) in [5.74, 6) is 0.863. The fraction of sp³-hybridized carbons (Fsp3) is 0.882. The lowest BCUT2D eigenvalue weighted by molar-refractivity contribution is -0.539. The zero-order valence-corrected chi connectivity index (χ0v) is 13.2. The zero-order chi connectivity index (χ0) is 14.3. The first kappa shape index (κ1) is 18.3. The van der Waals surface area contributed by atoms with E-state index < -0.39 is 0 Å². The second kappa shape index (κ2) is 13.8. The van der Waals surface area contributed by atoms with Gasteiger partial charge in [-0.15, -0.1) is 0 Å². The van der Waals surface area contributed by atoms with Crippen molar-refractivity contribution in [3.63, 3.8) is 0 Å². The van der Waals surface area contributed by atoms with Gasteiger partial charge in [0.2, 0.25) is 6.54 Å². The van der Waals surface area contributed by atoms with Gasteiger partial charge in [-0.05, 0) is 18.4 Å². The molecule has 0 aliphatic carbocycles. The van der Waals surface area contributed by atoms with Crippen molar-refractivity contribution in [1.82, 2.24) is 0 Å². The van der Waals surface area contributed by atoms with Gasteiger partial charge in [0.1, 0.15) is 0 Å². The van der Waals surface area contributed by atoms with Crippen molar-refractivity contribution in [1.29, 1.82) is 0 Å². The molecule has 112 valence electrons. The minimum absolute atomic E-state index is 0.469. The molecule has 0 aliphatic heterocycles. The Balaban J connectivity index is 3.06. The van der Waals surface area contributed by atoms with E-state index in [0.717, 1.165) is 17.1 Å². The molecule has 0 aromatic heterocycles. The topological polar surface area (TPSA) is 20.1 Å². The molecule has 2 heteroatoms. The highest BCUT2D eigenvalue weighted by Crippen LogP contribution is 2.12. The molecule has 0 unspecified atom stereocenters. The van der Waals surface area contributed by atoms with Gasteiger partial charge in [-0.1, -0.05) is 71.8 Å². The second-order valence-corrected chi connectivity index (χ2v) is 6.04. The second-order valence-electron chi connectivity index (χ2n) is 6.04. The number of nitroso groups, excluding NO2 is 1. The van der Waals surface area contributed by atoms with Crippen LogP contribution in [0.15, 0.2) is 12.7 Å². The van der Waals surface area contributed by atoms with Crippen LogP contribution in [0.1, 0.15) is 78.1 Å². The molecule has 0 aromatic rings. The first-order valence-corrected chi connectivity index (χ1v) is 8.19. The van der Waals surface area contributed by atoms with Gasteiger partial charge in [-0.2, -0.15) is 0 Å². The van der Waals surface area contributed by atoms with Crippen molar-refractivity contribution < 1.29 is 4.76 Å². The molecule has 0 spiro atoms. The van der Waals surface area contributed by atoms with Gasteiger partial charge in [0, 0.05) is 16.1 Å². The Morgan fingerprint density at radius 2 is 1.37 bits per heavy atom. The van der Waals surface area contributed by atoms with E-state index >= 15 is 0 Å². The highest BCUT2D eigenvalue weighted by atomic mass is 16.3. The lowest BCUT2D eigenvalue weighted by atomic mass is 10.0. The molecule has 0 saturated heterocycles. The summed E-state index contributed by atoms with van der Waals surface area (Å²) in [6, 6.07) is 0. The normalized spacial score (nSPS) is 10.9. The fourth-order valence-corrected chi connectivity index (χ4v) is 2.31. The van der Waals surface area contributed by atoms with E-state index in [1.165, 1.54) is 57.8 Å². The van der Waals surface area contributed by atoms with Crippen LogP contribution in [0.5, 0.6) is 0 Å².